The van der Waals surface area contributed by atoms with E-state index in [-0.39, 0.29) is 12.2 Å². The van der Waals surface area contributed by atoms with Gasteiger partial charge in [-0.25, -0.2) is 4.98 Å². The van der Waals surface area contributed by atoms with Crippen molar-refractivity contribution in [3.8, 4) is 5.88 Å². The Balaban J connectivity index is 1.43. The summed E-state index contributed by atoms with van der Waals surface area (Å²) in [6.45, 7) is 9.78. The molecule has 0 amide bonds. The highest BCUT2D eigenvalue weighted by molar-refractivity contribution is 7.89. The number of ether oxygens (including phenoxy) is 2. The number of alkyl halides is 3. The minimum absolute atomic E-state index is 0.00565. The number of carbonyl (C=O) groups is 1. The Morgan fingerprint density at radius 3 is 2.53 bits per heavy atom. The number of pyridine rings is 2. The summed E-state index contributed by atoms with van der Waals surface area (Å²) in [5.74, 6) is -2.70. The second kappa shape index (κ2) is 11.0. The normalized spacial score (nSPS) is 19.1. The fourth-order valence-corrected chi connectivity index (χ4v) is 7.44. The Kier molecular flexibility index (Phi) is 7.62. The van der Waals surface area contributed by atoms with Gasteiger partial charge in [0.25, 0.3) is 5.88 Å². The van der Waals surface area contributed by atoms with Crippen LogP contribution in [0.3, 0.4) is 0 Å². The van der Waals surface area contributed by atoms with Crippen molar-refractivity contribution in [3.63, 3.8) is 0 Å². The van der Waals surface area contributed by atoms with Gasteiger partial charge in [0.1, 0.15) is 0 Å². The highest BCUT2D eigenvalue weighted by atomic mass is 32.2. The lowest BCUT2D eigenvalue weighted by Crippen LogP contribution is -2.60. The van der Waals surface area contributed by atoms with Crippen molar-refractivity contribution >= 4 is 23.0 Å². The molecule has 45 heavy (non-hydrogen) atoms. The van der Waals surface area contributed by atoms with E-state index in [4.69, 9.17) is 9.47 Å². The van der Waals surface area contributed by atoms with Gasteiger partial charge in [0.05, 0.1) is 43.1 Å². The van der Waals surface area contributed by atoms with E-state index in [2.05, 4.69) is 15.2 Å². The average molecular weight is 644 g/mol. The molecule has 3 aromatic heterocycles. The number of fused-ring (bicyclic) bond motifs is 2. The molecule has 2 atom stereocenters. The zero-order valence-corrected chi connectivity index (χ0v) is 26.1. The molecule has 6 rings (SSSR count). The van der Waals surface area contributed by atoms with Gasteiger partial charge >= 0.3 is 12.1 Å². The number of aryl methyl sites for hydroxylation is 3. The summed E-state index contributed by atoms with van der Waals surface area (Å²) in [7, 11) is 0. The molecule has 5 heterocycles. The highest BCUT2D eigenvalue weighted by Gasteiger charge is 2.50. The first-order chi connectivity index (χ1) is 21.1. The number of benzene rings is 1. The van der Waals surface area contributed by atoms with E-state index in [0.29, 0.717) is 47.2 Å². The molecule has 0 aliphatic carbocycles. The topological polar surface area (TPSA) is 125 Å². The van der Waals surface area contributed by atoms with Crippen LogP contribution in [0.15, 0.2) is 47.6 Å². The Labute approximate surface area is 260 Å². The maximum atomic E-state index is 14.0. The van der Waals surface area contributed by atoms with E-state index in [1.165, 1.54) is 12.3 Å². The first kappa shape index (κ1) is 31.3. The van der Waals surface area contributed by atoms with Crippen LogP contribution in [0, 0.1) is 26.2 Å². The number of hydrogen-bond donors (Lipinski definition) is 1. The summed E-state index contributed by atoms with van der Waals surface area (Å²) in [5, 5.41) is 17.5. The number of halogens is 3. The summed E-state index contributed by atoms with van der Waals surface area (Å²) in [4.78, 5) is 17.5. The summed E-state index contributed by atoms with van der Waals surface area (Å²) >= 11 is -1.62. The van der Waals surface area contributed by atoms with Gasteiger partial charge < -0.3 is 19.1 Å². The molecule has 1 aromatic carbocycles. The van der Waals surface area contributed by atoms with Crippen LogP contribution < -0.4 is 4.74 Å². The Bertz CT molecular complexity index is 1810. The molecule has 2 unspecified atom stereocenters. The van der Waals surface area contributed by atoms with Crippen molar-refractivity contribution in [1.29, 1.82) is 0 Å². The molecule has 4 aromatic rings. The van der Waals surface area contributed by atoms with E-state index in [0.717, 1.165) is 21.1 Å². The van der Waals surface area contributed by atoms with Gasteiger partial charge in [-0.2, -0.15) is 13.2 Å². The molecule has 2 aliphatic heterocycles. The molecular formula is C31H32F3N5O5S. The minimum atomic E-state index is -4.71. The molecule has 1 N–H and O–H groups in total. The van der Waals surface area contributed by atoms with Crippen molar-refractivity contribution in [3.05, 3.63) is 81.9 Å². The average Bonchev–Trinajstić information content (AvgIpc) is 3.35. The van der Waals surface area contributed by atoms with Gasteiger partial charge in [0.15, 0.2) is 11.2 Å². The minimum Gasteiger partial charge on any atom is -0.593 e. The van der Waals surface area contributed by atoms with Crippen molar-refractivity contribution in [2.75, 3.05) is 19.8 Å². The molecule has 2 aliphatic rings. The number of aromatic nitrogens is 4. The van der Waals surface area contributed by atoms with Gasteiger partial charge in [-0.05, 0) is 74.1 Å². The van der Waals surface area contributed by atoms with Crippen molar-refractivity contribution in [2.24, 2.45) is 5.41 Å². The van der Waals surface area contributed by atoms with Gasteiger partial charge in [-0.1, -0.05) is 18.2 Å². The van der Waals surface area contributed by atoms with Crippen LogP contribution in [0.5, 0.6) is 5.88 Å². The molecule has 1 spiro atoms. The van der Waals surface area contributed by atoms with E-state index in [9.17, 15) is 27.6 Å². The lowest BCUT2D eigenvalue weighted by molar-refractivity contribution is -0.166. The number of carboxylic acid groups (broad SMARTS) is 1. The number of carboxylic acids is 1. The number of hydrogen-bond acceptors (Lipinski definition) is 8. The van der Waals surface area contributed by atoms with Crippen molar-refractivity contribution in [2.45, 2.75) is 63.8 Å². The third-order valence-corrected chi connectivity index (χ3v) is 10.0. The first-order valence-electron chi connectivity index (χ1n) is 14.3. The Hall–Kier alpha value is -3.72. The van der Waals surface area contributed by atoms with Crippen LogP contribution in [0.4, 0.5) is 13.2 Å². The molecule has 238 valence electrons. The molecule has 10 nitrogen and oxygen atoms in total. The monoisotopic (exact) mass is 643 g/mol. The lowest BCUT2D eigenvalue weighted by Gasteiger charge is -2.40. The molecule has 0 saturated carbocycles. The first-order valence-corrected chi connectivity index (χ1v) is 15.4. The summed E-state index contributed by atoms with van der Waals surface area (Å²) in [6.07, 6.45) is -1.81. The molecule has 1 fully saturated rings. The largest absolute Gasteiger partial charge is 0.593 e. The molecule has 14 heteroatoms. The third-order valence-electron chi connectivity index (χ3n) is 8.64. The predicted molar refractivity (Wildman–Crippen MR) is 157 cm³/mol. The predicted octanol–water partition coefficient (Wildman–Crippen LogP) is 5.00. The second-order valence-corrected chi connectivity index (χ2v) is 13.9. The highest BCUT2D eigenvalue weighted by Crippen LogP contribution is 2.44. The van der Waals surface area contributed by atoms with Gasteiger partial charge in [-0.15, -0.1) is 14.5 Å². The zero-order chi connectivity index (χ0) is 32.5. The maximum Gasteiger partial charge on any atom is 0.452 e. The Morgan fingerprint density at radius 2 is 1.89 bits per heavy atom. The van der Waals surface area contributed by atoms with Crippen LogP contribution in [0.2, 0.25) is 0 Å². The fourth-order valence-electron chi connectivity index (χ4n) is 6.03. The SMILES string of the molecule is Cc1cnc2c(c1)[S+]([O-])N(Cc1cc(C(c3ccn4c(C(F)(F)F)nnc4c3C)C(C)(C)C(=O)O)ccc1C)CC1(COC1)O2. The maximum absolute atomic E-state index is 14.0. The van der Waals surface area contributed by atoms with Crippen molar-refractivity contribution in [1.82, 2.24) is 23.9 Å². The van der Waals surface area contributed by atoms with Gasteiger partial charge in [0.2, 0.25) is 10.7 Å². The summed E-state index contributed by atoms with van der Waals surface area (Å²) in [6, 6.07) is 8.90. The standard InChI is InChI=1S/C31H32F3N5O5S/c1-17-10-23-26(35-12-17)44-30(15-43-16-30)14-38(45(23)42)13-21-11-20(7-6-18(21)2)24(29(4,5)28(40)41)22-8-9-39-25(19(22)3)36-37-27(39)31(32,33)34/h6-12,24H,13-16H2,1-5H3,(H,40,41). The van der Waals surface area contributed by atoms with E-state index in [1.807, 2.05) is 36.4 Å². The molecule has 1 saturated heterocycles. The Morgan fingerprint density at radius 1 is 1.16 bits per heavy atom. The van der Waals surface area contributed by atoms with Gasteiger partial charge in [-0.3, -0.25) is 9.20 Å². The van der Waals surface area contributed by atoms with E-state index < -0.39 is 46.3 Å². The van der Waals surface area contributed by atoms with Crippen LogP contribution in [0.25, 0.3) is 5.65 Å². The van der Waals surface area contributed by atoms with Crippen LogP contribution >= 0.6 is 0 Å². The molecule has 0 bridgehead atoms. The van der Waals surface area contributed by atoms with Crippen LogP contribution in [-0.2, 0) is 33.6 Å². The summed E-state index contributed by atoms with van der Waals surface area (Å²) in [5.41, 5.74) is 2.00. The smallest absolute Gasteiger partial charge is 0.452 e. The van der Waals surface area contributed by atoms with E-state index in [1.54, 1.807) is 33.0 Å². The second-order valence-electron chi connectivity index (χ2n) is 12.4. The van der Waals surface area contributed by atoms with Crippen molar-refractivity contribution < 1.29 is 37.1 Å². The lowest BCUT2D eigenvalue weighted by atomic mass is 9.70. The van der Waals surface area contributed by atoms with Crippen LogP contribution in [0.1, 0.15) is 59.0 Å². The molecule has 0 radical (unpaired) electrons. The number of aliphatic carboxylic acids is 1. The summed E-state index contributed by atoms with van der Waals surface area (Å²) < 4.78 is 69.1. The number of nitrogens with zero attached hydrogens (tertiary/aromatic N) is 5. The zero-order valence-electron chi connectivity index (χ0n) is 25.3. The quantitative estimate of drug-likeness (QED) is 0.289. The van der Waals surface area contributed by atoms with E-state index >= 15 is 0 Å². The van der Waals surface area contributed by atoms with Crippen LogP contribution in [-0.4, -0.2) is 64.9 Å². The third kappa shape index (κ3) is 5.43. The van der Waals surface area contributed by atoms with Gasteiger partial charge in [0, 0.05) is 24.4 Å². The fraction of sp³-hybridized carbons (Fsp3) is 0.419. The number of rotatable bonds is 6. The molecular weight excluding hydrogens is 611 g/mol.